The number of hydrogen-bond acceptors (Lipinski definition) is 2. The molecular formula is C18H22ClNO. The number of fused-ring (bicyclic) bond motifs is 1. The third kappa shape index (κ3) is 2.63. The molecule has 0 aromatic heterocycles. The van der Waals surface area contributed by atoms with Crippen LogP contribution in [-0.4, -0.2) is 13.7 Å². The summed E-state index contributed by atoms with van der Waals surface area (Å²) in [4.78, 5) is 0. The first kappa shape index (κ1) is 14.7. The summed E-state index contributed by atoms with van der Waals surface area (Å²) < 4.78 is 5.68. The molecule has 21 heavy (non-hydrogen) atoms. The fourth-order valence-corrected chi connectivity index (χ4v) is 3.82. The summed E-state index contributed by atoms with van der Waals surface area (Å²) >= 11 is 6.14. The summed E-state index contributed by atoms with van der Waals surface area (Å²) in [5.74, 6) is 0.956. The van der Waals surface area contributed by atoms with E-state index in [1.807, 2.05) is 18.2 Å². The molecule has 3 heteroatoms. The second-order valence-electron chi connectivity index (χ2n) is 6.09. The van der Waals surface area contributed by atoms with Crippen molar-refractivity contribution in [3.05, 3.63) is 40.9 Å². The van der Waals surface area contributed by atoms with E-state index in [0.29, 0.717) is 6.54 Å². The summed E-state index contributed by atoms with van der Waals surface area (Å²) in [7, 11) is 1.74. The summed E-state index contributed by atoms with van der Waals surface area (Å²) in [6.07, 6.45) is 6.09. The van der Waals surface area contributed by atoms with Crippen LogP contribution in [-0.2, 0) is 5.41 Å². The first-order chi connectivity index (χ1) is 10.2. The highest BCUT2D eigenvalue weighted by Gasteiger charge is 2.35. The Morgan fingerprint density at radius 3 is 2.52 bits per heavy atom. The van der Waals surface area contributed by atoms with Gasteiger partial charge in [0.05, 0.1) is 7.11 Å². The van der Waals surface area contributed by atoms with Crippen LogP contribution in [0.2, 0.25) is 5.02 Å². The van der Waals surface area contributed by atoms with E-state index in [1.54, 1.807) is 7.11 Å². The van der Waals surface area contributed by atoms with Crippen LogP contribution in [0.15, 0.2) is 30.3 Å². The third-order valence-corrected chi connectivity index (χ3v) is 5.13. The van der Waals surface area contributed by atoms with Crippen LogP contribution in [0, 0.1) is 0 Å². The van der Waals surface area contributed by atoms with Crippen LogP contribution in [0.1, 0.15) is 37.7 Å². The molecule has 1 saturated carbocycles. The minimum Gasteiger partial charge on any atom is -0.496 e. The van der Waals surface area contributed by atoms with Gasteiger partial charge in [-0.3, -0.25) is 0 Å². The van der Waals surface area contributed by atoms with Crippen molar-refractivity contribution >= 4 is 22.4 Å². The van der Waals surface area contributed by atoms with E-state index in [9.17, 15) is 0 Å². The van der Waals surface area contributed by atoms with Crippen molar-refractivity contribution in [1.82, 2.24) is 0 Å². The van der Waals surface area contributed by atoms with Crippen LogP contribution < -0.4 is 10.5 Å². The van der Waals surface area contributed by atoms with Gasteiger partial charge in [-0.1, -0.05) is 36.9 Å². The highest BCUT2D eigenvalue weighted by Crippen LogP contribution is 2.44. The number of methoxy groups -OCH3 is 1. The average Bonchev–Trinajstić information content (AvgIpc) is 2.54. The normalized spacial score (nSPS) is 17.9. The zero-order valence-electron chi connectivity index (χ0n) is 12.5. The van der Waals surface area contributed by atoms with Crippen LogP contribution in [0.3, 0.4) is 0 Å². The molecule has 0 spiro atoms. The van der Waals surface area contributed by atoms with Crippen molar-refractivity contribution in [2.75, 3.05) is 13.7 Å². The van der Waals surface area contributed by atoms with Crippen LogP contribution in [0.4, 0.5) is 0 Å². The Morgan fingerprint density at radius 2 is 1.86 bits per heavy atom. The molecule has 2 nitrogen and oxygen atoms in total. The predicted molar refractivity (Wildman–Crippen MR) is 89.3 cm³/mol. The molecule has 0 atom stereocenters. The van der Waals surface area contributed by atoms with E-state index in [2.05, 4.69) is 12.1 Å². The second-order valence-corrected chi connectivity index (χ2v) is 6.53. The van der Waals surface area contributed by atoms with E-state index >= 15 is 0 Å². The van der Waals surface area contributed by atoms with E-state index in [4.69, 9.17) is 22.1 Å². The molecule has 0 bridgehead atoms. The number of benzene rings is 2. The van der Waals surface area contributed by atoms with Gasteiger partial charge in [0.1, 0.15) is 5.75 Å². The fourth-order valence-electron chi connectivity index (χ4n) is 3.64. The lowest BCUT2D eigenvalue weighted by atomic mass is 9.69. The van der Waals surface area contributed by atoms with Gasteiger partial charge in [-0.2, -0.15) is 0 Å². The Bertz CT molecular complexity index is 647. The van der Waals surface area contributed by atoms with Crippen molar-refractivity contribution in [2.45, 2.75) is 37.5 Å². The Kier molecular flexibility index (Phi) is 4.10. The second kappa shape index (κ2) is 5.86. The number of nitrogens with two attached hydrogens (primary N) is 1. The Labute approximate surface area is 131 Å². The first-order valence-electron chi connectivity index (χ1n) is 7.66. The largest absolute Gasteiger partial charge is 0.496 e. The maximum absolute atomic E-state index is 6.19. The smallest absolute Gasteiger partial charge is 0.123 e. The van der Waals surface area contributed by atoms with Gasteiger partial charge in [-0.05, 0) is 47.9 Å². The molecule has 0 saturated heterocycles. The van der Waals surface area contributed by atoms with Gasteiger partial charge in [0.2, 0.25) is 0 Å². The van der Waals surface area contributed by atoms with Crippen LogP contribution in [0.25, 0.3) is 10.8 Å². The molecule has 0 unspecified atom stereocenters. The molecule has 0 amide bonds. The summed E-state index contributed by atoms with van der Waals surface area (Å²) in [5, 5.41) is 3.09. The Morgan fingerprint density at radius 1 is 1.10 bits per heavy atom. The average molecular weight is 304 g/mol. The highest BCUT2D eigenvalue weighted by molar-refractivity contribution is 6.31. The molecule has 0 radical (unpaired) electrons. The molecule has 1 aliphatic carbocycles. The number of halogens is 1. The monoisotopic (exact) mass is 303 g/mol. The number of hydrogen-bond donors (Lipinski definition) is 1. The molecule has 0 heterocycles. The lowest BCUT2D eigenvalue weighted by Gasteiger charge is -2.37. The van der Waals surface area contributed by atoms with Crippen molar-refractivity contribution in [3.8, 4) is 5.75 Å². The van der Waals surface area contributed by atoms with Gasteiger partial charge in [0.25, 0.3) is 0 Å². The molecule has 2 aromatic carbocycles. The molecule has 3 rings (SSSR count). The maximum atomic E-state index is 6.19. The SMILES string of the molecule is COc1cc2ccc(Cl)cc2cc1C1(CN)CCCCC1. The molecule has 2 N–H and O–H groups in total. The van der Waals surface area contributed by atoms with Gasteiger partial charge < -0.3 is 10.5 Å². The molecule has 1 aliphatic rings. The zero-order valence-corrected chi connectivity index (χ0v) is 13.2. The zero-order chi connectivity index (χ0) is 14.9. The summed E-state index contributed by atoms with van der Waals surface area (Å²) in [6.45, 7) is 0.676. The molecular weight excluding hydrogens is 282 g/mol. The first-order valence-corrected chi connectivity index (χ1v) is 8.04. The van der Waals surface area contributed by atoms with Crippen LogP contribution in [0.5, 0.6) is 5.75 Å². The Hall–Kier alpha value is -1.25. The van der Waals surface area contributed by atoms with Gasteiger partial charge >= 0.3 is 0 Å². The molecule has 2 aromatic rings. The van der Waals surface area contributed by atoms with Gasteiger partial charge in [-0.15, -0.1) is 0 Å². The van der Waals surface area contributed by atoms with Gasteiger partial charge in [-0.25, -0.2) is 0 Å². The van der Waals surface area contributed by atoms with Gasteiger partial charge in [0, 0.05) is 22.5 Å². The van der Waals surface area contributed by atoms with Crippen molar-refractivity contribution < 1.29 is 4.74 Å². The topological polar surface area (TPSA) is 35.2 Å². The minimum atomic E-state index is 0.0557. The van der Waals surface area contributed by atoms with Crippen molar-refractivity contribution in [2.24, 2.45) is 5.73 Å². The number of ether oxygens (including phenoxy) is 1. The quantitative estimate of drug-likeness (QED) is 0.895. The molecule has 112 valence electrons. The van der Waals surface area contributed by atoms with E-state index in [1.165, 1.54) is 24.8 Å². The molecule has 1 fully saturated rings. The number of rotatable bonds is 3. The predicted octanol–water partition coefficient (Wildman–Crippen LogP) is 4.66. The Balaban J connectivity index is 2.19. The fraction of sp³-hybridized carbons (Fsp3) is 0.444. The van der Waals surface area contributed by atoms with E-state index < -0.39 is 0 Å². The van der Waals surface area contributed by atoms with Crippen LogP contribution >= 0.6 is 11.6 Å². The summed E-state index contributed by atoms with van der Waals surface area (Å²) in [6, 6.07) is 10.3. The van der Waals surface area contributed by atoms with Gasteiger partial charge in [0.15, 0.2) is 0 Å². The van der Waals surface area contributed by atoms with E-state index in [0.717, 1.165) is 34.4 Å². The standard InChI is InChI=1S/C18H22ClNO/c1-21-17-11-13-5-6-15(19)9-14(13)10-16(17)18(12-20)7-3-2-4-8-18/h5-6,9-11H,2-4,7-8,12,20H2,1H3. The van der Waals surface area contributed by atoms with Crippen molar-refractivity contribution in [1.29, 1.82) is 0 Å². The van der Waals surface area contributed by atoms with Crippen molar-refractivity contribution in [3.63, 3.8) is 0 Å². The summed E-state index contributed by atoms with van der Waals surface area (Å²) in [5.41, 5.74) is 7.49. The minimum absolute atomic E-state index is 0.0557. The lowest BCUT2D eigenvalue weighted by molar-refractivity contribution is 0.288. The molecule has 0 aliphatic heterocycles. The maximum Gasteiger partial charge on any atom is 0.123 e. The van der Waals surface area contributed by atoms with E-state index in [-0.39, 0.29) is 5.41 Å². The lowest BCUT2D eigenvalue weighted by Crippen LogP contribution is -2.37. The highest BCUT2D eigenvalue weighted by atomic mass is 35.5. The third-order valence-electron chi connectivity index (χ3n) is 4.89.